The number of rotatable bonds is 12. The molecule has 0 bridgehead atoms. The van der Waals surface area contributed by atoms with Gasteiger partial charge in [-0.1, -0.05) is 0 Å². The van der Waals surface area contributed by atoms with Crippen molar-refractivity contribution in [2.75, 3.05) is 31.0 Å². The standard InChI is InChI=1S/C21H34N5O8PS/c1-12(2)33-20(29)13(3)25-35(30,31-8-9-36-5)32-10-21(4)18(28)16(27)17(34-21)14-6-7-15-19(22)23-11-24-26(14)15/h6-7,11-13,16-18,27-28H,8-10H2,1-5H3,(H,25,30)(H2,22,23,24)/t13-,16-,17-,18-,21+,35?/m0/s1. The predicted octanol–water partition coefficient (Wildman–Crippen LogP) is 1.30. The first-order valence-corrected chi connectivity index (χ1v) is 14.3. The van der Waals surface area contributed by atoms with E-state index >= 15 is 0 Å². The fourth-order valence-corrected chi connectivity index (χ4v) is 5.62. The van der Waals surface area contributed by atoms with Crippen LogP contribution < -0.4 is 10.8 Å². The molecule has 1 aliphatic rings. The molecule has 202 valence electrons. The lowest BCUT2D eigenvalue weighted by atomic mass is 9.97. The van der Waals surface area contributed by atoms with Crippen LogP contribution in [-0.4, -0.2) is 86.0 Å². The van der Waals surface area contributed by atoms with E-state index in [-0.39, 0.29) is 18.5 Å². The molecule has 3 heterocycles. The number of esters is 1. The van der Waals surface area contributed by atoms with Crippen molar-refractivity contribution in [1.29, 1.82) is 0 Å². The van der Waals surface area contributed by atoms with Gasteiger partial charge in [0.25, 0.3) is 0 Å². The van der Waals surface area contributed by atoms with Gasteiger partial charge in [-0.15, -0.1) is 0 Å². The van der Waals surface area contributed by atoms with E-state index in [1.165, 1.54) is 36.5 Å². The molecule has 13 nitrogen and oxygen atoms in total. The van der Waals surface area contributed by atoms with Crippen molar-refractivity contribution >= 4 is 36.8 Å². The van der Waals surface area contributed by atoms with Crippen LogP contribution in [0.4, 0.5) is 5.82 Å². The van der Waals surface area contributed by atoms with Crippen molar-refractivity contribution in [3.05, 3.63) is 24.2 Å². The predicted molar refractivity (Wildman–Crippen MR) is 133 cm³/mol. The Kier molecular flexibility index (Phi) is 9.39. The number of nitrogen functional groups attached to an aromatic ring is 1. The first kappa shape index (κ1) is 28.8. The lowest BCUT2D eigenvalue weighted by molar-refractivity contribution is -0.149. The average molecular weight is 548 g/mol. The molecule has 15 heteroatoms. The van der Waals surface area contributed by atoms with Gasteiger partial charge in [0, 0.05) is 5.75 Å². The Bertz CT molecular complexity index is 1100. The number of aliphatic hydroxyl groups is 2. The maximum Gasteiger partial charge on any atom is 0.406 e. The Morgan fingerprint density at radius 3 is 2.75 bits per heavy atom. The number of hydrogen-bond donors (Lipinski definition) is 4. The first-order chi connectivity index (χ1) is 16.9. The van der Waals surface area contributed by atoms with Crippen LogP contribution in [0.3, 0.4) is 0 Å². The Hall–Kier alpha value is -1.77. The molecule has 1 unspecified atom stereocenters. The molecule has 36 heavy (non-hydrogen) atoms. The summed E-state index contributed by atoms with van der Waals surface area (Å²) in [6, 6.07) is 2.34. The average Bonchev–Trinajstić information content (AvgIpc) is 3.34. The minimum atomic E-state index is -4.05. The molecule has 0 aliphatic carbocycles. The molecule has 3 rings (SSSR count). The van der Waals surface area contributed by atoms with Gasteiger partial charge in [-0.05, 0) is 46.1 Å². The molecule has 6 atom stereocenters. The van der Waals surface area contributed by atoms with Crippen LogP contribution in [0, 0.1) is 0 Å². The number of carbonyl (C=O) groups excluding carboxylic acids is 1. The van der Waals surface area contributed by atoms with Crippen LogP contribution in [0.25, 0.3) is 5.52 Å². The van der Waals surface area contributed by atoms with Gasteiger partial charge in [-0.3, -0.25) is 13.8 Å². The SMILES string of the molecule is CSCCOP(=O)(N[C@@H](C)C(=O)OC(C)C)OC[C@@]1(C)O[C@@H](c2ccc3c(N)ncnn23)[C@H](O)[C@@H]1O. The highest BCUT2D eigenvalue weighted by Crippen LogP contribution is 2.48. The smallest absolute Gasteiger partial charge is 0.406 e. The summed E-state index contributed by atoms with van der Waals surface area (Å²) in [5.74, 6) is 0.154. The Morgan fingerprint density at radius 2 is 2.08 bits per heavy atom. The number of carbonyl (C=O) groups is 1. The Balaban J connectivity index is 1.77. The van der Waals surface area contributed by atoms with Gasteiger partial charge in [-0.25, -0.2) is 19.2 Å². The Labute approximate surface area is 213 Å². The zero-order chi connectivity index (χ0) is 26.7. The minimum Gasteiger partial charge on any atom is -0.462 e. The van der Waals surface area contributed by atoms with Crippen LogP contribution in [0.5, 0.6) is 0 Å². The lowest BCUT2D eigenvalue weighted by Gasteiger charge is -2.30. The molecule has 5 N–H and O–H groups in total. The zero-order valence-electron chi connectivity index (χ0n) is 20.9. The number of nitrogens with one attached hydrogen (secondary N) is 1. The van der Waals surface area contributed by atoms with E-state index in [0.717, 1.165) is 0 Å². The largest absolute Gasteiger partial charge is 0.462 e. The van der Waals surface area contributed by atoms with E-state index < -0.39 is 50.3 Å². The van der Waals surface area contributed by atoms with E-state index in [2.05, 4.69) is 15.2 Å². The number of aliphatic hydroxyl groups excluding tert-OH is 2. The van der Waals surface area contributed by atoms with Crippen molar-refractivity contribution in [3.8, 4) is 0 Å². The van der Waals surface area contributed by atoms with Crippen molar-refractivity contribution in [2.24, 2.45) is 0 Å². The summed E-state index contributed by atoms with van der Waals surface area (Å²) in [6.45, 7) is 6.06. The summed E-state index contributed by atoms with van der Waals surface area (Å²) in [5.41, 5.74) is 5.36. The fraction of sp³-hybridized carbons (Fsp3) is 0.667. The van der Waals surface area contributed by atoms with E-state index in [4.69, 9.17) is 24.3 Å². The maximum absolute atomic E-state index is 13.5. The van der Waals surface area contributed by atoms with Gasteiger partial charge in [0.15, 0.2) is 5.82 Å². The highest BCUT2D eigenvalue weighted by Gasteiger charge is 2.53. The van der Waals surface area contributed by atoms with Gasteiger partial charge in [-0.2, -0.15) is 16.9 Å². The van der Waals surface area contributed by atoms with E-state index in [0.29, 0.717) is 17.0 Å². The van der Waals surface area contributed by atoms with Gasteiger partial charge in [0.2, 0.25) is 0 Å². The molecule has 1 fully saturated rings. The number of ether oxygens (including phenoxy) is 2. The second kappa shape index (κ2) is 11.7. The van der Waals surface area contributed by atoms with Gasteiger partial charge in [0.1, 0.15) is 41.8 Å². The van der Waals surface area contributed by atoms with Crippen LogP contribution >= 0.6 is 19.5 Å². The number of anilines is 1. The quantitative estimate of drug-likeness (QED) is 0.170. The lowest BCUT2D eigenvalue weighted by Crippen LogP contribution is -2.45. The summed E-state index contributed by atoms with van der Waals surface area (Å²) in [4.78, 5) is 16.2. The summed E-state index contributed by atoms with van der Waals surface area (Å²) in [6.07, 6.45) is -0.974. The van der Waals surface area contributed by atoms with E-state index in [1.807, 2.05) is 6.26 Å². The number of fused-ring (bicyclic) bond motifs is 1. The molecule has 2 aromatic rings. The molecule has 0 spiro atoms. The second-order valence-electron chi connectivity index (χ2n) is 8.92. The molecule has 1 saturated heterocycles. The molecular formula is C21H34N5O8PS. The van der Waals surface area contributed by atoms with Crippen LogP contribution in [0.2, 0.25) is 0 Å². The third kappa shape index (κ3) is 6.37. The molecule has 0 saturated carbocycles. The van der Waals surface area contributed by atoms with Crippen LogP contribution in [0.1, 0.15) is 39.5 Å². The number of thioether (sulfide) groups is 1. The van der Waals surface area contributed by atoms with Crippen molar-refractivity contribution < 1.29 is 38.1 Å². The first-order valence-electron chi connectivity index (χ1n) is 11.4. The van der Waals surface area contributed by atoms with Crippen LogP contribution in [0.15, 0.2) is 18.5 Å². The highest BCUT2D eigenvalue weighted by molar-refractivity contribution is 7.98. The molecule has 1 aliphatic heterocycles. The monoisotopic (exact) mass is 547 g/mol. The molecule has 0 amide bonds. The van der Waals surface area contributed by atoms with Gasteiger partial charge < -0.3 is 25.4 Å². The summed E-state index contributed by atoms with van der Waals surface area (Å²) < 4.78 is 37.3. The van der Waals surface area contributed by atoms with E-state index in [9.17, 15) is 19.6 Å². The van der Waals surface area contributed by atoms with Crippen molar-refractivity contribution in [1.82, 2.24) is 19.7 Å². The zero-order valence-corrected chi connectivity index (χ0v) is 22.6. The number of aromatic nitrogens is 3. The normalized spacial score (nSPS) is 26.8. The van der Waals surface area contributed by atoms with Crippen molar-refractivity contribution in [2.45, 2.75) is 63.8 Å². The third-order valence-corrected chi connectivity index (χ3v) is 7.86. The minimum absolute atomic E-state index is 0.0834. The number of nitrogens with two attached hydrogens (primary N) is 1. The van der Waals surface area contributed by atoms with Gasteiger partial charge in [0.05, 0.1) is 25.0 Å². The molecule has 0 radical (unpaired) electrons. The highest BCUT2D eigenvalue weighted by atomic mass is 32.2. The van der Waals surface area contributed by atoms with Crippen molar-refractivity contribution in [3.63, 3.8) is 0 Å². The summed E-state index contributed by atoms with van der Waals surface area (Å²) in [7, 11) is -4.05. The van der Waals surface area contributed by atoms with Gasteiger partial charge >= 0.3 is 13.7 Å². The summed E-state index contributed by atoms with van der Waals surface area (Å²) >= 11 is 1.48. The van der Waals surface area contributed by atoms with E-state index in [1.54, 1.807) is 26.0 Å². The number of nitrogens with zero attached hydrogens (tertiary/aromatic N) is 3. The fourth-order valence-electron chi connectivity index (χ4n) is 3.69. The maximum atomic E-state index is 13.5. The van der Waals surface area contributed by atoms with Crippen LogP contribution in [-0.2, 0) is 27.9 Å². The second-order valence-corrected chi connectivity index (χ2v) is 11.7. The molecule has 2 aromatic heterocycles. The number of hydrogen-bond acceptors (Lipinski definition) is 12. The molecular weight excluding hydrogens is 513 g/mol. The Morgan fingerprint density at radius 1 is 1.36 bits per heavy atom. The molecule has 0 aromatic carbocycles. The third-order valence-electron chi connectivity index (χ3n) is 5.59. The topological polar surface area (TPSA) is 180 Å². The summed E-state index contributed by atoms with van der Waals surface area (Å²) in [5, 5.41) is 28.4.